The summed E-state index contributed by atoms with van der Waals surface area (Å²) in [5.74, 6) is 1.72. The van der Waals surface area contributed by atoms with Crippen molar-refractivity contribution >= 4 is 11.9 Å². The number of aromatic nitrogens is 3. The molecule has 0 bridgehead atoms. The van der Waals surface area contributed by atoms with E-state index < -0.39 is 0 Å². The fourth-order valence-corrected chi connectivity index (χ4v) is 7.18. The van der Waals surface area contributed by atoms with Crippen LogP contribution in [0.15, 0.2) is 6.33 Å². The summed E-state index contributed by atoms with van der Waals surface area (Å²) in [5, 5.41) is 0. The van der Waals surface area contributed by atoms with Crippen molar-refractivity contribution < 1.29 is 0 Å². The fourth-order valence-electron chi connectivity index (χ4n) is 7.18. The third-order valence-corrected chi connectivity index (χ3v) is 10.0. The summed E-state index contributed by atoms with van der Waals surface area (Å²) in [6.45, 7) is 25.6. The lowest BCUT2D eigenvalue weighted by atomic mass is 9.77. The van der Waals surface area contributed by atoms with Crippen molar-refractivity contribution in [2.24, 2.45) is 0 Å². The maximum Gasteiger partial charge on any atom is 0.230 e. The number of hydrogen-bond donors (Lipinski definition) is 0. The first-order valence-corrected chi connectivity index (χ1v) is 15.3. The van der Waals surface area contributed by atoms with Crippen molar-refractivity contribution in [2.75, 3.05) is 37.0 Å². The van der Waals surface area contributed by atoms with Gasteiger partial charge in [0.2, 0.25) is 11.9 Å². The molecule has 0 saturated carbocycles. The van der Waals surface area contributed by atoms with E-state index >= 15 is 0 Å². The molecule has 7 nitrogen and oxygen atoms in total. The van der Waals surface area contributed by atoms with Crippen molar-refractivity contribution in [2.45, 2.75) is 155 Å². The van der Waals surface area contributed by atoms with Crippen molar-refractivity contribution in [1.29, 1.82) is 0 Å². The van der Waals surface area contributed by atoms with Crippen LogP contribution in [-0.4, -0.2) is 86.2 Å². The third-order valence-electron chi connectivity index (χ3n) is 10.0. The highest BCUT2D eigenvalue weighted by Crippen LogP contribution is 2.41. The van der Waals surface area contributed by atoms with Crippen LogP contribution >= 0.6 is 0 Å². The lowest BCUT2D eigenvalue weighted by Gasteiger charge is -2.56. The number of anilines is 2. The predicted octanol–water partition coefficient (Wildman–Crippen LogP) is 6.39. The van der Waals surface area contributed by atoms with Gasteiger partial charge in [-0.15, -0.1) is 0 Å². The van der Waals surface area contributed by atoms with E-state index in [-0.39, 0.29) is 22.2 Å². The monoisotopic (exact) mass is 529 g/mol. The Bertz CT molecular complexity index is 804. The zero-order valence-electron chi connectivity index (χ0n) is 26.9. The van der Waals surface area contributed by atoms with Crippen LogP contribution in [0.25, 0.3) is 0 Å². The van der Waals surface area contributed by atoms with Gasteiger partial charge in [-0.2, -0.15) is 4.98 Å². The van der Waals surface area contributed by atoms with Crippen LogP contribution in [0.3, 0.4) is 0 Å². The highest BCUT2D eigenvalue weighted by Gasteiger charge is 2.46. The molecule has 3 heterocycles. The van der Waals surface area contributed by atoms with Crippen molar-refractivity contribution in [3.63, 3.8) is 0 Å². The van der Waals surface area contributed by atoms with Crippen LogP contribution in [-0.2, 0) is 0 Å². The van der Waals surface area contributed by atoms with Gasteiger partial charge in [-0.05, 0) is 108 Å². The SMILES string of the molecule is CCCCN(c1ncnc(N(CCCC)C2CC(C)(C)N(C)C(C)(C)C2)n1)C1CC(C)(C)N(C)C(C)(C)C1. The van der Waals surface area contributed by atoms with Gasteiger partial charge in [-0.25, -0.2) is 9.97 Å². The molecule has 1 aromatic heterocycles. The van der Waals surface area contributed by atoms with Crippen LogP contribution < -0.4 is 9.80 Å². The molecule has 218 valence electrons. The van der Waals surface area contributed by atoms with E-state index in [1.54, 1.807) is 6.33 Å². The average Bonchev–Trinajstić information content (AvgIpc) is 2.81. The summed E-state index contributed by atoms with van der Waals surface area (Å²) in [6.07, 6.45) is 10.8. The van der Waals surface area contributed by atoms with E-state index in [2.05, 4.69) is 103 Å². The Labute approximate surface area is 234 Å². The van der Waals surface area contributed by atoms with E-state index in [9.17, 15) is 0 Å². The molecule has 1 aromatic rings. The first-order chi connectivity index (χ1) is 17.6. The highest BCUT2D eigenvalue weighted by atomic mass is 15.4. The lowest BCUT2D eigenvalue weighted by molar-refractivity contribution is -0.0130. The number of unbranched alkanes of at least 4 members (excludes halogenated alkanes) is 2. The number of nitrogens with zero attached hydrogens (tertiary/aromatic N) is 7. The van der Waals surface area contributed by atoms with Crippen LogP contribution in [0.4, 0.5) is 11.9 Å². The minimum atomic E-state index is 0.116. The van der Waals surface area contributed by atoms with Crippen molar-refractivity contribution in [1.82, 2.24) is 24.8 Å². The largest absolute Gasteiger partial charge is 0.338 e. The molecule has 0 aromatic carbocycles. The predicted molar refractivity (Wildman–Crippen MR) is 162 cm³/mol. The van der Waals surface area contributed by atoms with Crippen LogP contribution in [0.2, 0.25) is 0 Å². The summed E-state index contributed by atoms with van der Waals surface area (Å²) < 4.78 is 0. The van der Waals surface area contributed by atoms with Gasteiger partial charge in [0, 0.05) is 47.3 Å². The molecule has 7 heteroatoms. The van der Waals surface area contributed by atoms with E-state index in [1.807, 2.05) is 0 Å². The molecule has 0 unspecified atom stereocenters. The first kappa shape index (κ1) is 31.1. The Morgan fingerprint density at radius 2 is 0.974 bits per heavy atom. The number of rotatable bonds is 10. The van der Waals surface area contributed by atoms with Crippen molar-refractivity contribution in [3.05, 3.63) is 6.33 Å². The molecule has 0 aliphatic carbocycles. The third kappa shape index (κ3) is 6.63. The van der Waals surface area contributed by atoms with Crippen LogP contribution in [0.5, 0.6) is 0 Å². The zero-order chi connectivity index (χ0) is 28.5. The Morgan fingerprint density at radius 3 is 1.26 bits per heavy atom. The summed E-state index contributed by atoms with van der Waals surface area (Å²) in [7, 11) is 4.56. The first-order valence-electron chi connectivity index (χ1n) is 15.3. The Balaban J connectivity index is 1.98. The number of piperidine rings is 2. The van der Waals surface area contributed by atoms with Gasteiger partial charge in [0.1, 0.15) is 6.33 Å². The molecular formula is C31H59N7. The second-order valence-electron chi connectivity index (χ2n) is 14.7. The van der Waals surface area contributed by atoms with E-state index in [0.29, 0.717) is 12.1 Å². The normalized spacial score (nSPS) is 23.9. The van der Waals surface area contributed by atoms with Crippen LogP contribution in [0.1, 0.15) is 121 Å². The fraction of sp³-hybridized carbons (Fsp3) is 0.903. The summed E-state index contributed by atoms with van der Waals surface area (Å²) in [5.41, 5.74) is 0.465. The molecule has 0 atom stereocenters. The van der Waals surface area contributed by atoms with E-state index in [4.69, 9.17) is 15.0 Å². The molecule has 0 radical (unpaired) electrons. The Kier molecular flexibility index (Phi) is 9.45. The molecule has 0 N–H and O–H groups in total. The van der Waals surface area contributed by atoms with Crippen LogP contribution in [0, 0.1) is 0 Å². The quantitative estimate of drug-likeness (QED) is 0.348. The van der Waals surface area contributed by atoms with Gasteiger partial charge >= 0.3 is 0 Å². The van der Waals surface area contributed by atoms with Gasteiger partial charge in [0.15, 0.2) is 0 Å². The van der Waals surface area contributed by atoms with Gasteiger partial charge in [0.05, 0.1) is 0 Å². The lowest BCUT2D eigenvalue weighted by Crippen LogP contribution is -2.63. The molecular weight excluding hydrogens is 470 g/mol. The number of likely N-dealkylation sites (tertiary alicyclic amines) is 2. The zero-order valence-corrected chi connectivity index (χ0v) is 26.9. The second kappa shape index (κ2) is 11.6. The van der Waals surface area contributed by atoms with Gasteiger partial charge < -0.3 is 9.80 Å². The minimum Gasteiger partial charge on any atom is -0.338 e. The maximum absolute atomic E-state index is 5.26. The molecule has 2 aliphatic heterocycles. The standard InChI is InChI=1S/C31H59N7/c1-13-15-17-37(24-19-28(3,4)35(11)29(5,6)20-24)26-32-23-33-27(34-26)38(18-16-14-2)25-21-30(7,8)36(12)31(9,10)22-25/h23-25H,13-22H2,1-12H3. The summed E-state index contributed by atoms with van der Waals surface area (Å²) in [6, 6.07) is 0.812. The molecule has 2 fully saturated rings. The number of hydrogen-bond acceptors (Lipinski definition) is 7. The van der Waals surface area contributed by atoms with Crippen molar-refractivity contribution in [3.8, 4) is 0 Å². The molecule has 0 spiro atoms. The molecule has 0 amide bonds. The molecule has 2 aliphatic rings. The second-order valence-corrected chi connectivity index (χ2v) is 14.7. The molecule has 2 saturated heterocycles. The topological polar surface area (TPSA) is 51.6 Å². The highest BCUT2D eigenvalue weighted by molar-refractivity contribution is 5.41. The van der Waals surface area contributed by atoms with Gasteiger partial charge in [-0.1, -0.05) is 26.7 Å². The van der Waals surface area contributed by atoms with Gasteiger partial charge in [-0.3, -0.25) is 9.80 Å². The maximum atomic E-state index is 5.26. The van der Waals surface area contributed by atoms with E-state index in [0.717, 1.165) is 76.4 Å². The van der Waals surface area contributed by atoms with E-state index in [1.165, 1.54) is 0 Å². The Morgan fingerprint density at radius 1 is 0.658 bits per heavy atom. The molecule has 38 heavy (non-hydrogen) atoms. The van der Waals surface area contributed by atoms with Gasteiger partial charge in [0.25, 0.3) is 0 Å². The Hall–Kier alpha value is -1.47. The smallest absolute Gasteiger partial charge is 0.230 e. The summed E-state index contributed by atoms with van der Waals surface area (Å²) >= 11 is 0. The average molecular weight is 530 g/mol. The summed E-state index contributed by atoms with van der Waals surface area (Å²) in [4.78, 5) is 25.0. The molecule has 3 rings (SSSR count). The minimum absolute atomic E-state index is 0.116.